The summed E-state index contributed by atoms with van der Waals surface area (Å²) >= 11 is 0. The Labute approximate surface area is 161 Å². The van der Waals surface area contributed by atoms with Crippen molar-refractivity contribution in [3.05, 3.63) is 35.5 Å². The van der Waals surface area contributed by atoms with E-state index in [1.54, 1.807) is 6.92 Å². The van der Waals surface area contributed by atoms with Gasteiger partial charge in [-0.15, -0.1) is 0 Å². The molecule has 0 radical (unpaired) electrons. The van der Waals surface area contributed by atoms with Crippen molar-refractivity contribution < 1.29 is 13.2 Å². The summed E-state index contributed by atoms with van der Waals surface area (Å²) < 4.78 is 23.6. The van der Waals surface area contributed by atoms with Crippen LogP contribution in [0.25, 0.3) is 10.9 Å². The molecule has 27 heavy (non-hydrogen) atoms. The molecule has 2 aromatic rings. The van der Waals surface area contributed by atoms with Gasteiger partial charge in [0.1, 0.15) is 9.84 Å². The van der Waals surface area contributed by atoms with Gasteiger partial charge in [-0.25, -0.2) is 8.42 Å². The molecule has 2 heterocycles. The second kappa shape index (κ2) is 8.02. The number of aromatic nitrogens is 1. The quantitative estimate of drug-likeness (QED) is 0.719. The lowest BCUT2D eigenvalue weighted by molar-refractivity contribution is -0.123. The van der Waals surface area contributed by atoms with Crippen LogP contribution in [-0.4, -0.2) is 54.3 Å². The third-order valence-electron chi connectivity index (χ3n) is 5.76. The molecule has 3 N–H and O–H groups in total. The number of nitrogens with zero attached hydrogens (tertiary/aromatic N) is 1. The highest BCUT2D eigenvalue weighted by Crippen LogP contribution is 2.27. The normalized spacial score (nSPS) is 19.6. The van der Waals surface area contributed by atoms with E-state index in [1.807, 2.05) is 25.3 Å². The van der Waals surface area contributed by atoms with Gasteiger partial charge in [0.05, 0.1) is 11.8 Å². The molecular weight excluding hydrogens is 362 g/mol. The molecule has 6 nitrogen and oxygen atoms in total. The number of sulfone groups is 1. The maximum atomic E-state index is 11.8. The minimum atomic E-state index is -2.97. The van der Waals surface area contributed by atoms with Gasteiger partial charge in [-0.1, -0.05) is 13.0 Å². The maximum absolute atomic E-state index is 11.8. The van der Waals surface area contributed by atoms with Gasteiger partial charge in [-0.2, -0.15) is 0 Å². The number of aryl methyl sites for hydroxylation is 1. The highest BCUT2D eigenvalue weighted by Gasteiger charge is 2.31. The van der Waals surface area contributed by atoms with Crippen molar-refractivity contribution in [3.63, 3.8) is 0 Å². The van der Waals surface area contributed by atoms with E-state index in [4.69, 9.17) is 5.73 Å². The highest BCUT2D eigenvalue weighted by atomic mass is 32.2. The number of rotatable bonds is 8. The highest BCUT2D eigenvalue weighted by molar-refractivity contribution is 7.91. The number of benzene rings is 1. The Kier molecular flexibility index (Phi) is 5.91. The van der Waals surface area contributed by atoms with Crippen LogP contribution in [0, 0.1) is 0 Å². The first-order valence-corrected chi connectivity index (χ1v) is 11.5. The van der Waals surface area contributed by atoms with Gasteiger partial charge in [-0.3, -0.25) is 9.69 Å². The lowest BCUT2D eigenvalue weighted by Gasteiger charge is -2.28. The van der Waals surface area contributed by atoms with E-state index in [2.05, 4.69) is 16.0 Å². The zero-order valence-corrected chi connectivity index (χ0v) is 16.9. The number of likely N-dealkylation sites (tertiary alicyclic amines) is 1. The molecular formula is C20H29N3O3S. The molecule has 0 unspecified atom stereocenters. The van der Waals surface area contributed by atoms with Crippen LogP contribution in [-0.2, 0) is 27.5 Å². The lowest BCUT2D eigenvalue weighted by atomic mass is 10.0. The lowest BCUT2D eigenvalue weighted by Crippen LogP contribution is -2.45. The number of nitrogens with two attached hydrogens (primary N) is 1. The van der Waals surface area contributed by atoms with Crippen molar-refractivity contribution in [3.8, 4) is 0 Å². The van der Waals surface area contributed by atoms with Crippen LogP contribution in [0.15, 0.2) is 24.4 Å². The molecule has 3 rings (SSSR count). The minimum absolute atomic E-state index is 0.181. The average Bonchev–Trinajstić information content (AvgIpc) is 3.27. The Balaban J connectivity index is 1.79. The van der Waals surface area contributed by atoms with Gasteiger partial charge < -0.3 is 10.7 Å². The van der Waals surface area contributed by atoms with E-state index in [-0.39, 0.29) is 23.5 Å². The number of carbonyl (C=O) groups excluding carboxylic acids is 1. The molecule has 1 fully saturated rings. The average molecular weight is 392 g/mol. The SMILES string of the molecule is CCS(=O)(=O)CCc1ccc2[nH]cc(C[C@H]3CCCN3[C@@H](C)C(N)=O)c2c1. The van der Waals surface area contributed by atoms with Crippen LogP contribution in [0.5, 0.6) is 0 Å². The van der Waals surface area contributed by atoms with E-state index in [9.17, 15) is 13.2 Å². The smallest absolute Gasteiger partial charge is 0.234 e. The number of carbonyl (C=O) groups is 1. The van der Waals surface area contributed by atoms with E-state index in [1.165, 1.54) is 5.56 Å². The molecule has 0 bridgehead atoms. The molecule has 1 aliphatic heterocycles. The zero-order chi connectivity index (χ0) is 19.6. The first-order chi connectivity index (χ1) is 12.8. The van der Waals surface area contributed by atoms with Gasteiger partial charge >= 0.3 is 0 Å². The number of H-pyrrole nitrogens is 1. The molecule has 1 amide bonds. The van der Waals surface area contributed by atoms with Crippen LogP contribution in [0.1, 0.15) is 37.8 Å². The summed E-state index contributed by atoms with van der Waals surface area (Å²) in [5.41, 5.74) is 8.80. The number of aromatic amines is 1. The molecule has 1 aliphatic rings. The van der Waals surface area contributed by atoms with Crippen molar-refractivity contribution in [2.45, 2.75) is 51.6 Å². The fraction of sp³-hybridized carbons (Fsp3) is 0.550. The van der Waals surface area contributed by atoms with Gasteiger partial charge in [0.25, 0.3) is 0 Å². The van der Waals surface area contributed by atoms with Gasteiger partial charge in [0, 0.05) is 28.9 Å². The topological polar surface area (TPSA) is 96.3 Å². The fourth-order valence-corrected chi connectivity index (χ4v) is 4.81. The molecule has 0 spiro atoms. The summed E-state index contributed by atoms with van der Waals surface area (Å²) in [4.78, 5) is 17.1. The van der Waals surface area contributed by atoms with Crippen molar-refractivity contribution in [1.82, 2.24) is 9.88 Å². The van der Waals surface area contributed by atoms with Crippen molar-refractivity contribution in [2.24, 2.45) is 5.73 Å². The number of amides is 1. The Hall–Kier alpha value is -1.86. The molecule has 148 valence electrons. The van der Waals surface area contributed by atoms with E-state index in [0.717, 1.165) is 42.3 Å². The van der Waals surface area contributed by atoms with Crippen molar-refractivity contribution >= 4 is 26.6 Å². The first kappa shape index (κ1) is 19.9. The molecule has 2 atom stereocenters. The molecule has 0 saturated carbocycles. The maximum Gasteiger partial charge on any atom is 0.234 e. The summed E-state index contributed by atoms with van der Waals surface area (Å²) in [6.45, 7) is 4.46. The molecule has 1 saturated heterocycles. The third-order valence-corrected chi connectivity index (χ3v) is 7.47. The van der Waals surface area contributed by atoms with Crippen molar-refractivity contribution in [2.75, 3.05) is 18.1 Å². The van der Waals surface area contributed by atoms with E-state index >= 15 is 0 Å². The largest absolute Gasteiger partial charge is 0.368 e. The summed E-state index contributed by atoms with van der Waals surface area (Å²) in [6.07, 6.45) is 5.55. The molecule has 1 aromatic heterocycles. The second-order valence-corrected chi connectivity index (χ2v) is 9.97. The standard InChI is InChI=1S/C20H29N3O3S/c1-3-27(25,26)10-8-15-6-7-19-18(11-15)16(13-22-19)12-17-5-4-9-23(17)14(2)20(21)24/h6-7,11,13-14,17,22H,3-5,8-10,12H2,1-2H3,(H2,21,24)/t14-,17+/m0/s1. The van der Waals surface area contributed by atoms with Gasteiger partial charge in [-0.05, 0) is 62.4 Å². The van der Waals surface area contributed by atoms with Crippen LogP contribution < -0.4 is 5.73 Å². The number of primary amides is 1. The van der Waals surface area contributed by atoms with Gasteiger partial charge in [0.15, 0.2) is 0 Å². The number of nitrogens with one attached hydrogen (secondary N) is 1. The summed E-state index contributed by atoms with van der Waals surface area (Å²) in [6, 6.07) is 6.16. The Morgan fingerprint density at radius 3 is 2.89 bits per heavy atom. The van der Waals surface area contributed by atoms with Crippen molar-refractivity contribution in [1.29, 1.82) is 0 Å². The summed E-state index contributed by atoms with van der Waals surface area (Å²) in [7, 11) is -2.97. The monoisotopic (exact) mass is 391 g/mol. The number of hydrogen-bond donors (Lipinski definition) is 2. The molecule has 7 heteroatoms. The van der Waals surface area contributed by atoms with Crippen LogP contribution in [0.4, 0.5) is 0 Å². The summed E-state index contributed by atoms with van der Waals surface area (Å²) in [5, 5.41) is 1.14. The minimum Gasteiger partial charge on any atom is -0.368 e. The second-order valence-electron chi connectivity index (χ2n) is 7.50. The van der Waals surface area contributed by atoms with E-state index in [0.29, 0.717) is 12.5 Å². The molecule has 0 aliphatic carbocycles. The fourth-order valence-electron chi connectivity index (χ4n) is 3.97. The van der Waals surface area contributed by atoms with Crippen LogP contribution >= 0.6 is 0 Å². The van der Waals surface area contributed by atoms with E-state index < -0.39 is 9.84 Å². The zero-order valence-electron chi connectivity index (χ0n) is 16.1. The van der Waals surface area contributed by atoms with Crippen LogP contribution in [0.3, 0.4) is 0 Å². The number of hydrogen-bond acceptors (Lipinski definition) is 4. The predicted octanol–water partition coefficient (Wildman–Crippen LogP) is 2.03. The Morgan fingerprint density at radius 2 is 2.19 bits per heavy atom. The van der Waals surface area contributed by atoms with Gasteiger partial charge in [0.2, 0.25) is 5.91 Å². The Morgan fingerprint density at radius 1 is 1.41 bits per heavy atom. The first-order valence-electron chi connectivity index (χ1n) is 9.65. The molecule has 1 aromatic carbocycles. The van der Waals surface area contributed by atoms with Crippen LogP contribution in [0.2, 0.25) is 0 Å². The predicted molar refractivity (Wildman–Crippen MR) is 108 cm³/mol. The summed E-state index contributed by atoms with van der Waals surface area (Å²) in [5.74, 6) is 0.0851. The number of fused-ring (bicyclic) bond motifs is 1. The third kappa shape index (κ3) is 4.52. The Bertz CT molecular complexity index is 920.